The van der Waals surface area contributed by atoms with Crippen LogP contribution in [0.3, 0.4) is 0 Å². The molecule has 2 aliphatic heterocycles. The minimum Gasteiger partial charge on any atom is -0.304 e. The topological polar surface area (TPSA) is 43.9 Å². The van der Waals surface area contributed by atoms with Gasteiger partial charge in [0.25, 0.3) is 0 Å². The van der Waals surface area contributed by atoms with E-state index in [-0.39, 0.29) is 24.4 Å². The highest BCUT2D eigenvalue weighted by atomic mass is 32.2. The molecule has 2 heterocycles. The second-order valence-corrected chi connectivity index (χ2v) is 10.7. The third kappa shape index (κ3) is 4.36. The van der Waals surface area contributed by atoms with Crippen molar-refractivity contribution < 1.29 is 15.3 Å². The van der Waals surface area contributed by atoms with E-state index in [1.165, 1.54) is 23.3 Å². The quantitative estimate of drug-likeness (QED) is 0.598. The average molecular weight is 449 g/mol. The Kier molecular flexibility index (Phi) is 4.73. The Morgan fingerprint density at radius 1 is 1.10 bits per heavy atom. The van der Waals surface area contributed by atoms with Crippen molar-refractivity contribution in [2.45, 2.75) is 21.1 Å². The fraction of sp³-hybridized carbons (Fsp3) is 0.391. The molecule has 0 aliphatic carbocycles. The number of sulfonamides is 1. The van der Waals surface area contributed by atoms with E-state index in [4.69, 9.17) is 6.85 Å². The fourth-order valence-corrected chi connectivity index (χ4v) is 5.60. The van der Waals surface area contributed by atoms with Gasteiger partial charge >= 0.3 is 0 Å². The van der Waals surface area contributed by atoms with Gasteiger partial charge < -0.3 is 9.80 Å². The van der Waals surface area contributed by atoms with Gasteiger partial charge in [-0.2, -0.15) is 0 Å². The lowest BCUT2D eigenvalue weighted by Crippen LogP contribution is -2.44. The number of fused-ring (bicyclic) bond motifs is 2. The zero-order chi connectivity index (χ0) is 25.6. The van der Waals surface area contributed by atoms with E-state index in [0.29, 0.717) is 13.1 Å². The van der Waals surface area contributed by atoms with E-state index >= 15 is 0 Å². The summed E-state index contributed by atoms with van der Waals surface area (Å²) in [5.74, 6) is 0. The lowest BCUT2D eigenvalue weighted by Gasteiger charge is -2.32. The molecule has 0 radical (unpaired) electrons. The van der Waals surface area contributed by atoms with E-state index in [0.717, 1.165) is 26.5 Å². The number of benzene rings is 2. The maximum absolute atomic E-state index is 12.8. The number of rotatable bonds is 5. The number of likely N-dealkylation sites (N-methyl/N-ethyl adjacent to an activating group) is 1. The summed E-state index contributed by atoms with van der Waals surface area (Å²) in [7, 11) is -0.633. The van der Waals surface area contributed by atoms with Gasteiger partial charge in [0.2, 0.25) is 10.0 Å². The molecule has 0 amide bonds. The van der Waals surface area contributed by atoms with Crippen molar-refractivity contribution in [1.29, 1.82) is 0 Å². The van der Waals surface area contributed by atoms with Gasteiger partial charge in [-0.25, -0.2) is 12.7 Å². The Morgan fingerprint density at radius 2 is 1.83 bits per heavy atom. The Hall–Kier alpha value is -1.64. The smallest absolute Gasteiger partial charge is 0.242 e. The molecule has 0 bridgehead atoms. The molecule has 2 aromatic carbocycles. The van der Waals surface area contributed by atoms with Gasteiger partial charge in [0.15, 0.2) is 0 Å². The lowest BCUT2D eigenvalue weighted by molar-refractivity contribution is 0.156. The second kappa shape index (κ2) is 8.85. The maximum Gasteiger partial charge on any atom is 0.242 e. The van der Waals surface area contributed by atoms with Crippen molar-refractivity contribution in [3.63, 3.8) is 0 Å². The van der Waals surface area contributed by atoms with Gasteiger partial charge in [-0.05, 0) is 54.4 Å². The highest BCUT2D eigenvalue weighted by Gasteiger charge is 2.25. The van der Waals surface area contributed by atoms with Crippen LogP contribution >= 0.6 is 11.8 Å². The molecule has 5 nitrogen and oxygen atoms in total. The summed E-state index contributed by atoms with van der Waals surface area (Å²) in [4.78, 5) is 5.22. The predicted molar refractivity (Wildman–Crippen MR) is 124 cm³/mol. The van der Waals surface area contributed by atoms with Crippen LogP contribution in [0.25, 0.3) is 5.57 Å². The summed E-state index contributed by atoms with van der Waals surface area (Å²) in [5.41, 5.74) is 2.50. The second-order valence-electron chi connectivity index (χ2n) is 7.50. The number of hydrogen-bond donors (Lipinski definition) is 0. The Balaban J connectivity index is 1.67. The van der Waals surface area contributed by atoms with Crippen molar-refractivity contribution in [1.82, 2.24) is 14.1 Å². The van der Waals surface area contributed by atoms with Gasteiger partial charge in [0, 0.05) is 63.4 Å². The minimum absolute atomic E-state index is 0.0825. The Bertz CT molecular complexity index is 1240. The lowest BCUT2D eigenvalue weighted by atomic mass is 9.96. The molecule has 30 heavy (non-hydrogen) atoms. The normalized spacial score (nSPS) is 22.5. The van der Waals surface area contributed by atoms with Crippen molar-refractivity contribution in [2.75, 3.05) is 53.7 Å². The zero-order valence-corrected chi connectivity index (χ0v) is 18.8. The van der Waals surface area contributed by atoms with Gasteiger partial charge in [-0.15, -0.1) is 0 Å². The maximum atomic E-state index is 12.8. The first-order valence-electron chi connectivity index (χ1n) is 12.4. The molecule has 2 aliphatic rings. The molecule has 0 N–H and O–H groups in total. The molecule has 160 valence electrons. The Labute approximate surface area is 191 Å². The summed E-state index contributed by atoms with van der Waals surface area (Å²) >= 11 is 1.57. The molecule has 2 aromatic rings. The monoisotopic (exact) mass is 448 g/mol. The van der Waals surface area contributed by atoms with Crippen LogP contribution in [0.2, 0.25) is 0 Å². The third-order valence-electron chi connectivity index (χ3n) is 5.32. The SMILES string of the molecule is [2H]C([2H])([2H])N1CCN(C([2H])([2H])C/C=C2/c3ccccc3Sc3ccc(S(=O)(=O)N(C)C)cc32)CC1. The molecule has 7 heteroatoms. The van der Waals surface area contributed by atoms with E-state index in [9.17, 15) is 8.42 Å². The van der Waals surface area contributed by atoms with Gasteiger partial charge in [-0.1, -0.05) is 36.0 Å². The molecular formula is C23H29N3O2S2. The van der Waals surface area contributed by atoms with Crippen molar-refractivity contribution >= 4 is 27.4 Å². The summed E-state index contributed by atoms with van der Waals surface area (Å²) in [6.07, 6.45) is 1.93. The van der Waals surface area contributed by atoms with Crippen LogP contribution in [0.4, 0.5) is 0 Å². The molecule has 4 rings (SSSR count). The number of hydrogen-bond acceptors (Lipinski definition) is 5. The van der Waals surface area contributed by atoms with Crippen LogP contribution in [0.5, 0.6) is 0 Å². The predicted octanol–water partition coefficient (Wildman–Crippen LogP) is 3.47. The van der Waals surface area contributed by atoms with Crippen LogP contribution < -0.4 is 0 Å². The van der Waals surface area contributed by atoms with E-state index in [2.05, 4.69) is 0 Å². The molecule has 1 fully saturated rings. The first kappa shape index (κ1) is 16.1. The first-order chi connectivity index (χ1) is 16.3. The van der Waals surface area contributed by atoms with Crippen LogP contribution in [0.1, 0.15) is 24.4 Å². The highest BCUT2D eigenvalue weighted by Crippen LogP contribution is 2.46. The van der Waals surface area contributed by atoms with E-state index in [1.54, 1.807) is 28.8 Å². The van der Waals surface area contributed by atoms with E-state index in [1.807, 2.05) is 36.4 Å². The zero-order valence-electron chi connectivity index (χ0n) is 22.1. The number of nitrogens with zero attached hydrogens (tertiary/aromatic N) is 3. The summed E-state index contributed by atoms with van der Waals surface area (Å²) in [5, 5.41) is 0. The van der Waals surface area contributed by atoms with Crippen molar-refractivity contribution in [3.05, 3.63) is 59.7 Å². The molecule has 0 spiro atoms. The van der Waals surface area contributed by atoms with E-state index < -0.39 is 23.5 Å². The average Bonchev–Trinajstić information content (AvgIpc) is 2.80. The van der Waals surface area contributed by atoms with Crippen LogP contribution in [-0.4, -0.2) is 76.3 Å². The summed E-state index contributed by atoms with van der Waals surface area (Å²) in [6.45, 7) is -2.65. The fourth-order valence-electron chi connectivity index (χ4n) is 3.58. The van der Waals surface area contributed by atoms with Gasteiger partial charge in [0.05, 0.1) is 4.90 Å². The first-order valence-corrected chi connectivity index (χ1v) is 12.1. The molecule has 0 aromatic heterocycles. The van der Waals surface area contributed by atoms with Crippen LogP contribution in [0, 0.1) is 0 Å². The standard InChI is InChI=1S/C23H29N3O2S2/c1-24(2)30(27,28)18-10-11-23-21(17-18)19(20-7-4-5-9-22(20)29-23)8-6-12-26-15-13-25(3)14-16-26/h4-5,7-11,17H,6,12-16H2,1-3H3/b19-8-/i3D3,12D2. The highest BCUT2D eigenvalue weighted by molar-refractivity contribution is 7.99. The Morgan fingerprint density at radius 3 is 2.57 bits per heavy atom. The largest absolute Gasteiger partial charge is 0.304 e. The van der Waals surface area contributed by atoms with Crippen molar-refractivity contribution in [2.24, 2.45) is 0 Å². The van der Waals surface area contributed by atoms with Crippen LogP contribution in [0.15, 0.2) is 63.2 Å². The summed E-state index contributed by atoms with van der Waals surface area (Å²) in [6, 6.07) is 12.9. The molecule has 0 unspecified atom stereocenters. The molecule has 0 saturated carbocycles. The summed E-state index contributed by atoms with van der Waals surface area (Å²) < 4.78 is 66.9. The van der Waals surface area contributed by atoms with Crippen molar-refractivity contribution in [3.8, 4) is 0 Å². The third-order valence-corrected chi connectivity index (χ3v) is 8.28. The van der Waals surface area contributed by atoms with Gasteiger partial charge in [0.1, 0.15) is 0 Å². The molecular weight excluding hydrogens is 414 g/mol. The minimum atomic E-state index is -3.63. The van der Waals surface area contributed by atoms with Gasteiger partial charge in [-0.3, -0.25) is 0 Å². The number of piperazine rings is 1. The molecule has 1 saturated heterocycles. The molecule has 0 atom stereocenters. The van der Waals surface area contributed by atoms with Crippen LogP contribution in [-0.2, 0) is 10.0 Å².